The second-order valence-corrected chi connectivity index (χ2v) is 3.55. The molecule has 0 heterocycles. The van der Waals surface area contributed by atoms with E-state index in [-0.39, 0.29) is 11.8 Å². The van der Waals surface area contributed by atoms with Crippen LogP contribution in [0, 0.1) is 12.7 Å². The zero-order valence-electron chi connectivity index (χ0n) is 7.51. The van der Waals surface area contributed by atoms with Crippen molar-refractivity contribution < 1.29 is 4.39 Å². The molecule has 0 atom stereocenters. The van der Waals surface area contributed by atoms with Crippen molar-refractivity contribution in [3.63, 3.8) is 0 Å². The van der Waals surface area contributed by atoms with Crippen LogP contribution in [0.15, 0.2) is 21.6 Å². The van der Waals surface area contributed by atoms with E-state index in [1.54, 1.807) is 13.0 Å². The number of nitrogens with zero attached hydrogens (tertiary/aromatic N) is 1. The standard InChI is InChI=1S/C8H10BrFN4/c1-4-2-5(9)6(10)3-7(4)13-8(11)14-12/h2-3H,12H2,1H3,(H3,11,13,14). The van der Waals surface area contributed by atoms with E-state index in [1.807, 2.05) is 0 Å². The normalized spacial score (nSPS) is 11.6. The fourth-order valence-electron chi connectivity index (χ4n) is 0.918. The van der Waals surface area contributed by atoms with Gasteiger partial charge in [0.2, 0.25) is 5.96 Å². The maximum Gasteiger partial charge on any atom is 0.208 e. The SMILES string of the molecule is Cc1cc(Br)c(F)cc1N=C(N)NN. The maximum atomic E-state index is 13.1. The lowest BCUT2D eigenvalue weighted by atomic mass is 10.2. The zero-order chi connectivity index (χ0) is 10.7. The number of aliphatic imine (C=N–C) groups is 1. The van der Waals surface area contributed by atoms with Crippen LogP contribution in [0.4, 0.5) is 10.1 Å². The topological polar surface area (TPSA) is 76.4 Å². The molecular formula is C8H10BrFN4. The van der Waals surface area contributed by atoms with Crippen LogP contribution >= 0.6 is 15.9 Å². The molecule has 14 heavy (non-hydrogen) atoms. The molecular weight excluding hydrogens is 251 g/mol. The minimum Gasteiger partial charge on any atom is -0.369 e. The van der Waals surface area contributed by atoms with Gasteiger partial charge in [-0.2, -0.15) is 0 Å². The monoisotopic (exact) mass is 260 g/mol. The highest BCUT2D eigenvalue weighted by molar-refractivity contribution is 9.10. The van der Waals surface area contributed by atoms with Crippen LogP contribution in [-0.2, 0) is 0 Å². The van der Waals surface area contributed by atoms with E-state index in [0.29, 0.717) is 10.2 Å². The van der Waals surface area contributed by atoms with Crippen LogP contribution in [0.1, 0.15) is 5.56 Å². The van der Waals surface area contributed by atoms with Crippen molar-refractivity contribution in [2.75, 3.05) is 0 Å². The highest BCUT2D eigenvalue weighted by Gasteiger charge is 2.04. The molecule has 0 amide bonds. The number of nitrogens with two attached hydrogens (primary N) is 2. The van der Waals surface area contributed by atoms with E-state index < -0.39 is 0 Å². The first-order valence-corrected chi connectivity index (χ1v) is 4.60. The number of halogens is 2. The number of hydrazine groups is 1. The van der Waals surface area contributed by atoms with Gasteiger partial charge in [-0.05, 0) is 34.5 Å². The van der Waals surface area contributed by atoms with Gasteiger partial charge in [0.1, 0.15) is 5.82 Å². The highest BCUT2D eigenvalue weighted by atomic mass is 79.9. The molecule has 0 spiro atoms. The van der Waals surface area contributed by atoms with Crippen molar-refractivity contribution in [3.05, 3.63) is 28.0 Å². The molecule has 0 saturated heterocycles. The summed E-state index contributed by atoms with van der Waals surface area (Å²) in [6.45, 7) is 1.80. The zero-order valence-corrected chi connectivity index (χ0v) is 9.10. The third kappa shape index (κ3) is 2.43. The summed E-state index contributed by atoms with van der Waals surface area (Å²) < 4.78 is 13.5. The van der Waals surface area contributed by atoms with Crippen molar-refractivity contribution in [2.45, 2.75) is 6.92 Å². The Kier molecular flexibility index (Phi) is 3.43. The Morgan fingerprint density at radius 3 is 2.79 bits per heavy atom. The highest BCUT2D eigenvalue weighted by Crippen LogP contribution is 2.25. The minimum absolute atomic E-state index is 0.0369. The van der Waals surface area contributed by atoms with Crippen LogP contribution in [-0.4, -0.2) is 5.96 Å². The molecule has 0 unspecified atom stereocenters. The van der Waals surface area contributed by atoms with Gasteiger partial charge < -0.3 is 5.73 Å². The molecule has 0 bridgehead atoms. The molecule has 0 saturated carbocycles. The fraction of sp³-hybridized carbons (Fsp3) is 0.125. The fourth-order valence-corrected chi connectivity index (χ4v) is 1.38. The summed E-state index contributed by atoms with van der Waals surface area (Å²) in [6.07, 6.45) is 0. The Balaban J connectivity index is 3.16. The van der Waals surface area contributed by atoms with Gasteiger partial charge in [-0.25, -0.2) is 15.2 Å². The van der Waals surface area contributed by atoms with Gasteiger partial charge in [0, 0.05) is 6.07 Å². The van der Waals surface area contributed by atoms with Crippen molar-refractivity contribution >= 4 is 27.6 Å². The summed E-state index contributed by atoms with van der Waals surface area (Å²) in [5.41, 5.74) is 8.76. The first-order valence-electron chi connectivity index (χ1n) is 3.81. The summed E-state index contributed by atoms with van der Waals surface area (Å²) in [5, 5.41) is 0. The number of rotatable bonds is 1. The summed E-state index contributed by atoms with van der Waals surface area (Å²) in [4.78, 5) is 3.88. The molecule has 0 aliphatic rings. The molecule has 1 rings (SSSR count). The molecule has 0 radical (unpaired) electrons. The quantitative estimate of drug-likeness (QED) is 0.309. The second-order valence-electron chi connectivity index (χ2n) is 2.69. The molecule has 5 N–H and O–H groups in total. The lowest BCUT2D eigenvalue weighted by Gasteiger charge is -2.03. The lowest BCUT2D eigenvalue weighted by Crippen LogP contribution is -2.36. The third-order valence-electron chi connectivity index (χ3n) is 1.63. The maximum absolute atomic E-state index is 13.1. The van der Waals surface area contributed by atoms with Crippen LogP contribution < -0.4 is 17.0 Å². The van der Waals surface area contributed by atoms with Crippen LogP contribution in [0.3, 0.4) is 0 Å². The Bertz CT molecular complexity index is 378. The minimum atomic E-state index is -0.390. The van der Waals surface area contributed by atoms with Gasteiger partial charge >= 0.3 is 0 Å². The summed E-state index contributed by atoms with van der Waals surface area (Å²) in [6, 6.07) is 2.90. The van der Waals surface area contributed by atoms with Crippen molar-refractivity contribution in [2.24, 2.45) is 16.6 Å². The van der Waals surface area contributed by atoms with E-state index in [9.17, 15) is 4.39 Å². The van der Waals surface area contributed by atoms with E-state index in [0.717, 1.165) is 5.56 Å². The first kappa shape index (κ1) is 10.9. The molecule has 0 aliphatic carbocycles. The van der Waals surface area contributed by atoms with Crippen molar-refractivity contribution in [1.82, 2.24) is 5.43 Å². The molecule has 6 heteroatoms. The van der Waals surface area contributed by atoms with Gasteiger partial charge in [-0.15, -0.1) is 0 Å². The summed E-state index contributed by atoms with van der Waals surface area (Å²) in [7, 11) is 0. The van der Waals surface area contributed by atoms with Crippen molar-refractivity contribution in [1.29, 1.82) is 0 Å². The number of guanidine groups is 1. The lowest BCUT2D eigenvalue weighted by molar-refractivity contribution is 0.621. The Hall–Kier alpha value is -1.14. The predicted octanol–water partition coefficient (Wildman–Crippen LogP) is 1.31. The van der Waals surface area contributed by atoms with E-state index in [4.69, 9.17) is 11.6 Å². The molecule has 0 aromatic heterocycles. The predicted molar refractivity (Wildman–Crippen MR) is 57.4 cm³/mol. The van der Waals surface area contributed by atoms with Gasteiger partial charge in [0.05, 0.1) is 10.2 Å². The summed E-state index contributed by atoms with van der Waals surface area (Å²) >= 11 is 3.07. The molecule has 4 nitrogen and oxygen atoms in total. The van der Waals surface area contributed by atoms with E-state index in [1.165, 1.54) is 6.07 Å². The molecule has 76 valence electrons. The van der Waals surface area contributed by atoms with Crippen LogP contribution in [0.25, 0.3) is 0 Å². The number of nitrogens with one attached hydrogen (secondary N) is 1. The second kappa shape index (κ2) is 4.39. The van der Waals surface area contributed by atoms with Crippen LogP contribution in [0.5, 0.6) is 0 Å². The van der Waals surface area contributed by atoms with Gasteiger partial charge in [-0.1, -0.05) is 0 Å². The molecule has 1 aromatic carbocycles. The molecule has 0 aliphatic heterocycles. The summed E-state index contributed by atoms with van der Waals surface area (Å²) in [5.74, 6) is 4.68. The molecule has 1 aromatic rings. The van der Waals surface area contributed by atoms with E-state index in [2.05, 4.69) is 26.3 Å². The van der Waals surface area contributed by atoms with Gasteiger partial charge in [-0.3, -0.25) is 5.43 Å². The average Bonchev–Trinajstić information content (AvgIpc) is 2.14. The number of benzene rings is 1. The third-order valence-corrected chi connectivity index (χ3v) is 2.24. The first-order chi connectivity index (χ1) is 6.54. The Morgan fingerprint density at radius 2 is 2.21 bits per heavy atom. The van der Waals surface area contributed by atoms with Crippen molar-refractivity contribution in [3.8, 4) is 0 Å². The number of aryl methyl sites for hydroxylation is 1. The largest absolute Gasteiger partial charge is 0.369 e. The van der Waals surface area contributed by atoms with Crippen LogP contribution in [0.2, 0.25) is 0 Å². The number of hydrogen-bond acceptors (Lipinski definition) is 2. The molecule has 0 fully saturated rings. The van der Waals surface area contributed by atoms with Gasteiger partial charge in [0.15, 0.2) is 0 Å². The average molecular weight is 261 g/mol. The smallest absolute Gasteiger partial charge is 0.208 e. The van der Waals surface area contributed by atoms with Gasteiger partial charge in [0.25, 0.3) is 0 Å². The van der Waals surface area contributed by atoms with E-state index >= 15 is 0 Å². The Labute approximate surface area is 89.3 Å². The Morgan fingerprint density at radius 1 is 1.57 bits per heavy atom. The number of hydrogen-bond donors (Lipinski definition) is 3.